The standard InChI is InChI=1S/C14H15BrN2O2S/c1-3-11-4-6-13(7-5-11)20(18,19)17-14-10(2)8-12(15)9-16-14/h4-9H,3H2,1-2H3,(H,16,17). The van der Waals surface area contributed by atoms with Crippen molar-refractivity contribution < 1.29 is 8.42 Å². The van der Waals surface area contributed by atoms with E-state index < -0.39 is 10.0 Å². The molecule has 1 aromatic carbocycles. The van der Waals surface area contributed by atoms with Crippen molar-refractivity contribution in [3.05, 3.63) is 52.1 Å². The number of nitrogens with zero attached hydrogens (tertiary/aromatic N) is 1. The van der Waals surface area contributed by atoms with Crippen LogP contribution in [-0.4, -0.2) is 13.4 Å². The van der Waals surface area contributed by atoms with Crippen molar-refractivity contribution in [1.29, 1.82) is 0 Å². The lowest BCUT2D eigenvalue weighted by Gasteiger charge is -2.10. The lowest BCUT2D eigenvalue weighted by Crippen LogP contribution is -2.14. The van der Waals surface area contributed by atoms with E-state index in [1.54, 1.807) is 25.3 Å². The largest absolute Gasteiger partial charge is 0.263 e. The lowest BCUT2D eigenvalue weighted by atomic mass is 10.2. The molecule has 1 heterocycles. The molecule has 20 heavy (non-hydrogen) atoms. The number of rotatable bonds is 4. The van der Waals surface area contributed by atoms with E-state index in [1.165, 1.54) is 0 Å². The average molecular weight is 355 g/mol. The summed E-state index contributed by atoms with van der Waals surface area (Å²) in [5, 5.41) is 0. The van der Waals surface area contributed by atoms with E-state index in [1.807, 2.05) is 25.1 Å². The molecule has 0 aliphatic rings. The molecular formula is C14H15BrN2O2S. The fraction of sp³-hybridized carbons (Fsp3) is 0.214. The van der Waals surface area contributed by atoms with Gasteiger partial charge in [-0.15, -0.1) is 0 Å². The Morgan fingerprint density at radius 3 is 2.45 bits per heavy atom. The van der Waals surface area contributed by atoms with Crippen molar-refractivity contribution in [3.63, 3.8) is 0 Å². The van der Waals surface area contributed by atoms with Crippen LogP contribution in [0.4, 0.5) is 5.82 Å². The quantitative estimate of drug-likeness (QED) is 0.913. The van der Waals surface area contributed by atoms with E-state index in [0.29, 0.717) is 5.82 Å². The molecule has 0 fully saturated rings. The van der Waals surface area contributed by atoms with Gasteiger partial charge >= 0.3 is 0 Å². The number of pyridine rings is 1. The summed E-state index contributed by atoms with van der Waals surface area (Å²) in [5.74, 6) is 0.341. The first-order chi connectivity index (χ1) is 9.42. The minimum Gasteiger partial charge on any atom is -0.263 e. The summed E-state index contributed by atoms with van der Waals surface area (Å²) in [6, 6.07) is 8.66. The predicted octanol–water partition coefficient (Wildman–Crippen LogP) is 3.52. The molecule has 2 rings (SSSR count). The molecule has 0 amide bonds. The maximum atomic E-state index is 12.3. The average Bonchev–Trinajstić information content (AvgIpc) is 2.42. The Bertz CT molecular complexity index is 712. The Morgan fingerprint density at radius 1 is 1.25 bits per heavy atom. The van der Waals surface area contributed by atoms with Crippen LogP contribution in [0.5, 0.6) is 0 Å². The summed E-state index contributed by atoms with van der Waals surface area (Å²) in [5.41, 5.74) is 1.86. The van der Waals surface area contributed by atoms with Crippen LogP contribution in [0, 0.1) is 6.92 Å². The molecule has 1 aromatic heterocycles. The number of hydrogen-bond donors (Lipinski definition) is 1. The molecular weight excluding hydrogens is 340 g/mol. The van der Waals surface area contributed by atoms with E-state index in [2.05, 4.69) is 25.6 Å². The van der Waals surface area contributed by atoms with E-state index in [0.717, 1.165) is 22.0 Å². The third-order valence-corrected chi connectivity index (χ3v) is 4.71. The molecule has 2 aromatic rings. The zero-order valence-corrected chi connectivity index (χ0v) is 13.6. The molecule has 106 valence electrons. The molecule has 6 heteroatoms. The number of anilines is 1. The highest BCUT2D eigenvalue weighted by Gasteiger charge is 2.15. The molecule has 0 aliphatic carbocycles. The lowest BCUT2D eigenvalue weighted by molar-refractivity contribution is 0.601. The van der Waals surface area contributed by atoms with Gasteiger partial charge in [0.25, 0.3) is 10.0 Å². The Labute approximate surface area is 127 Å². The van der Waals surface area contributed by atoms with Gasteiger partial charge in [-0.1, -0.05) is 19.1 Å². The highest BCUT2D eigenvalue weighted by atomic mass is 79.9. The highest BCUT2D eigenvalue weighted by Crippen LogP contribution is 2.20. The van der Waals surface area contributed by atoms with Crippen LogP contribution >= 0.6 is 15.9 Å². The topological polar surface area (TPSA) is 59.1 Å². The Hall–Kier alpha value is -1.40. The molecule has 0 saturated heterocycles. The van der Waals surface area contributed by atoms with Crippen LogP contribution in [0.1, 0.15) is 18.1 Å². The van der Waals surface area contributed by atoms with Crippen molar-refractivity contribution >= 4 is 31.8 Å². The molecule has 0 saturated carbocycles. The van der Waals surface area contributed by atoms with Gasteiger partial charge in [-0.05, 0) is 58.6 Å². The maximum absolute atomic E-state index is 12.3. The first kappa shape index (κ1) is 15.0. The molecule has 0 spiro atoms. The van der Waals surface area contributed by atoms with Crippen LogP contribution in [0.2, 0.25) is 0 Å². The number of aryl methyl sites for hydroxylation is 2. The van der Waals surface area contributed by atoms with Crippen LogP contribution < -0.4 is 4.72 Å². The molecule has 0 atom stereocenters. The summed E-state index contributed by atoms with van der Waals surface area (Å²) in [6.07, 6.45) is 2.44. The van der Waals surface area contributed by atoms with Crippen LogP contribution in [0.15, 0.2) is 45.9 Å². The zero-order chi connectivity index (χ0) is 14.8. The number of aromatic nitrogens is 1. The monoisotopic (exact) mass is 354 g/mol. The van der Waals surface area contributed by atoms with Crippen molar-refractivity contribution in [3.8, 4) is 0 Å². The Kier molecular flexibility index (Phi) is 4.45. The summed E-state index contributed by atoms with van der Waals surface area (Å²) >= 11 is 3.30. The van der Waals surface area contributed by atoms with Gasteiger partial charge in [0.05, 0.1) is 4.90 Å². The molecule has 0 aliphatic heterocycles. The van der Waals surface area contributed by atoms with Gasteiger partial charge in [0, 0.05) is 10.7 Å². The Morgan fingerprint density at radius 2 is 1.90 bits per heavy atom. The van der Waals surface area contributed by atoms with Gasteiger partial charge in [0.1, 0.15) is 5.82 Å². The van der Waals surface area contributed by atoms with Crippen molar-refractivity contribution in [2.24, 2.45) is 0 Å². The van der Waals surface area contributed by atoms with Crippen molar-refractivity contribution in [1.82, 2.24) is 4.98 Å². The molecule has 4 nitrogen and oxygen atoms in total. The van der Waals surface area contributed by atoms with Crippen LogP contribution in [0.3, 0.4) is 0 Å². The van der Waals surface area contributed by atoms with E-state index in [4.69, 9.17) is 0 Å². The number of sulfonamides is 1. The van der Waals surface area contributed by atoms with Gasteiger partial charge in [0.2, 0.25) is 0 Å². The fourth-order valence-electron chi connectivity index (χ4n) is 1.74. The second-order valence-electron chi connectivity index (χ2n) is 4.42. The smallest absolute Gasteiger partial charge is 0.263 e. The molecule has 0 radical (unpaired) electrons. The minimum atomic E-state index is -3.60. The predicted molar refractivity (Wildman–Crippen MR) is 83.3 cm³/mol. The second-order valence-corrected chi connectivity index (χ2v) is 7.02. The number of hydrogen-bond acceptors (Lipinski definition) is 3. The van der Waals surface area contributed by atoms with Gasteiger partial charge in [-0.2, -0.15) is 0 Å². The highest BCUT2D eigenvalue weighted by molar-refractivity contribution is 9.10. The third-order valence-electron chi connectivity index (χ3n) is 2.92. The molecule has 1 N–H and O–H groups in total. The van der Waals surface area contributed by atoms with Gasteiger partial charge in [-0.25, -0.2) is 13.4 Å². The van der Waals surface area contributed by atoms with Gasteiger partial charge in [-0.3, -0.25) is 4.72 Å². The fourth-order valence-corrected chi connectivity index (χ4v) is 3.26. The second kappa shape index (κ2) is 5.93. The number of benzene rings is 1. The van der Waals surface area contributed by atoms with Crippen molar-refractivity contribution in [2.45, 2.75) is 25.2 Å². The summed E-state index contributed by atoms with van der Waals surface area (Å²) < 4.78 is 27.9. The zero-order valence-electron chi connectivity index (χ0n) is 11.2. The van der Waals surface area contributed by atoms with Crippen LogP contribution in [0.25, 0.3) is 0 Å². The third kappa shape index (κ3) is 3.37. The van der Waals surface area contributed by atoms with Gasteiger partial charge in [0.15, 0.2) is 0 Å². The summed E-state index contributed by atoms with van der Waals surface area (Å²) in [6.45, 7) is 3.83. The summed E-state index contributed by atoms with van der Waals surface area (Å²) in [7, 11) is -3.60. The Balaban J connectivity index is 2.30. The van der Waals surface area contributed by atoms with Gasteiger partial charge < -0.3 is 0 Å². The molecule has 0 bridgehead atoms. The first-order valence-corrected chi connectivity index (χ1v) is 8.44. The number of nitrogens with one attached hydrogen (secondary N) is 1. The SMILES string of the molecule is CCc1ccc(S(=O)(=O)Nc2ncc(Br)cc2C)cc1. The van der Waals surface area contributed by atoms with Crippen molar-refractivity contribution in [2.75, 3.05) is 4.72 Å². The summed E-state index contributed by atoms with van der Waals surface area (Å²) in [4.78, 5) is 4.32. The molecule has 0 unspecified atom stereocenters. The number of halogens is 1. The minimum absolute atomic E-state index is 0.235. The van der Waals surface area contributed by atoms with Crippen LogP contribution in [-0.2, 0) is 16.4 Å². The van der Waals surface area contributed by atoms with E-state index in [9.17, 15) is 8.42 Å². The van der Waals surface area contributed by atoms with E-state index in [-0.39, 0.29) is 4.90 Å². The first-order valence-electron chi connectivity index (χ1n) is 6.16. The normalized spacial score (nSPS) is 11.3. The maximum Gasteiger partial charge on any atom is 0.263 e. The van der Waals surface area contributed by atoms with E-state index >= 15 is 0 Å².